The average molecular weight is 295 g/mol. The lowest BCUT2D eigenvalue weighted by atomic mass is 10.1. The fraction of sp³-hybridized carbons (Fsp3) is 0.143. The second kappa shape index (κ2) is 5.84. The van der Waals surface area contributed by atoms with E-state index in [1.807, 2.05) is 0 Å². The molecule has 0 saturated carbocycles. The standard InChI is InChI=1S/C14H11F2NO4/c1-8(18)14-10(16)3-2-4-12(14)21-13-7-9(15)5-6-11(13)17(19)20/h2-8,18H,1H3/t8-/m0/s1. The number of ether oxygens (including phenoxy) is 1. The largest absolute Gasteiger partial charge is 0.450 e. The van der Waals surface area contributed by atoms with Crippen LogP contribution in [0.4, 0.5) is 14.5 Å². The predicted molar refractivity (Wildman–Crippen MR) is 70.2 cm³/mol. The van der Waals surface area contributed by atoms with Crippen molar-refractivity contribution in [1.29, 1.82) is 0 Å². The van der Waals surface area contributed by atoms with E-state index in [0.717, 1.165) is 24.3 Å². The highest BCUT2D eigenvalue weighted by Gasteiger charge is 2.20. The number of halogens is 2. The van der Waals surface area contributed by atoms with Crippen LogP contribution in [-0.2, 0) is 0 Å². The molecule has 2 aromatic rings. The van der Waals surface area contributed by atoms with Crippen LogP contribution in [0.15, 0.2) is 36.4 Å². The first-order chi connectivity index (χ1) is 9.90. The average Bonchev–Trinajstić information content (AvgIpc) is 2.37. The van der Waals surface area contributed by atoms with Crippen LogP contribution in [-0.4, -0.2) is 10.0 Å². The van der Waals surface area contributed by atoms with Crippen molar-refractivity contribution >= 4 is 5.69 Å². The highest BCUT2D eigenvalue weighted by Crippen LogP contribution is 2.36. The minimum atomic E-state index is -1.19. The smallest absolute Gasteiger partial charge is 0.311 e. The van der Waals surface area contributed by atoms with Gasteiger partial charge in [0, 0.05) is 12.1 Å². The maximum Gasteiger partial charge on any atom is 0.311 e. The van der Waals surface area contributed by atoms with Gasteiger partial charge in [-0.05, 0) is 25.1 Å². The molecule has 0 unspecified atom stereocenters. The molecule has 2 rings (SSSR count). The molecule has 1 atom stereocenters. The Balaban J connectivity index is 2.50. The molecule has 0 spiro atoms. The molecular formula is C14H11F2NO4. The van der Waals surface area contributed by atoms with Crippen molar-refractivity contribution < 1.29 is 23.5 Å². The zero-order chi connectivity index (χ0) is 15.6. The lowest BCUT2D eigenvalue weighted by molar-refractivity contribution is -0.385. The molecular weight excluding hydrogens is 284 g/mol. The molecule has 0 bridgehead atoms. The molecule has 0 aliphatic heterocycles. The van der Waals surface area contributed by atoms with Gasteiger partial charge < -0.3 is 9.84 Å². The number of benzene rings is 2. The van der Waals surface area contributed by atoms with E-state index in [-0.39, 0.29) is 17.1 Å². The lowest BCUT2D eigenvalue weighted by Gasteiger charge is -2.14. The molecule has 0 amide bonds. The van der Waals surface area contributed by atoms with Gasteiger partial charge in [-0.15, -0.1) is 0 Å². The molecule has 0 heterocycles. The van der Waals surface area contributed by atoms with Gasteiger partial charge in [-0.2, -0.15) is 0 Å². The van der Waals surface area contributed by atoms with Crippen LogP contribution in [0.25, 0.3) is 0 Å². The van der Waals surface area contributed by atoms with Crippen LogP contribution in [0.1, 0.15) is 18.6 Å². The summed E-state index contributed by atoms with van der Waals surface area (Å²) in [6.45, 7) is 1.32. The van der Waals surface area contributed by atoms with Crippen LogP contribution in [0.5, 0.6) is 11.5 Å². The van der Waals surface area contributed by atoms with Crippen LogP contribution in [0.2, 0.25) is 0 Å². The lowest BCUT2D eigenvalue weighted by Crippen LogP contribution is -2.01. The summed E-state index contributed by atoms with van der Waals surface area (Å²) in [4.78, 5) is 10.1. The van der Waals surface area contributed by atoms with Gasteiger partial charge in [-0.25, -0.2) is 8.78 Å². The number of hydrogen-bond donors (Lipinski definition) is 1. The van der Waals surface area contributed by atoms with Crippen molar-refractivity contribution in [1.82, 2.24) is 0 Å². The summed E-state index contributed by atoms with van der Waals surface area (Å²) in [6.07, 6.45) is -1.19. The molecule has 21 heavy (non-hydrogen) atoms. The summed E-state index contributed by atoms with van der Waals surface area (Å²) in [6, 6.07) is 6.48. The maximum atomic E-state index is 13.7. The van der Waals surface area contributed by atoms with Crippen molar-refractivity contribution in [3.8, 4) is 11.5 Å². The van der Waals surface area contributed by atoms with E-state index < -0.39 is 28.3 Å². The number of rotatable bonds is 4. The third-order valence-corrected chi connectivity index (χ3v) is 2.77. The first-order valence-corrected chi connectivity index (χ1v) is 5.98. The van der Waals surface area contributed by atoms with Gasteiger partial charge >= 0.3 is 5.69 Å². The van der Waals surface area contributed by atoms with E-state index in [9.17, 15) is 24.0 Å². The first-order valence-electron chi connectivity index (χ1n) is 5.98. The van der Waals surface area contributed by atoms with Gasteiger partial charge in [0.2, 0.25) is 5.75 Å². The SMILES string of the molecule is C[C@H](O)c1c(F)cccc1Oc1cc(F)ccc1[N+](=O)[O-]. The molecule has 0 fully saturated rings. The van der Waals surface area contributed by atoms with E-state index >= 15 is 0 Å². The summed E-state index contributed by atoms with van der Waals surface area (Å²) in [7, 11) is 0. The molecule has 7 heteroatoms. The Bertz CT molecular complexity index is 689. The Kier molecular flexibility index (Phi) is 4.13. The monoisotopic (exact) mass is 295 g/mol. The third-order valence-electron chi connectivity index (χ3n) is 2.77. The summed E-state index contributed by atoms with van der Waals surface area (Å²) in [5, 5.41) is 20.5. The van der Waals surface area contributed by atoms with Crippen LogP contribution >= 0.6 is 0 Å². The molecule has 110 valence electrons. The maximum absolute atomic E-state index is 13.7. The van der Waals surface area contributed by atoms with E-state index in [1.54, 1.807) is 0 Å². The van der Waals surface area contributed by atoms with E-state index in [4.69, 9.17) is 4.74 Å². The molecule has 0 aliphatic rings. The molecule has 0 saturated heterocycles. The molecule has 0 radical (unpaired) electrons. The van der Waals surface area contributed by atoms with E-state index in [1.165, 1.54) is 19.1 Å². The number of nitro groups is 1. The van der Waals surface area contributed by atoms with E-state index in [0.29, 0.717) is 0 Å². The van der Waals surface area contributed by atoms with Crippen LogP contribution < -0.4 is 4.74 Å². The Hall–Kier alpha value is -2.54. The fourth-order valence-corrected chi connectivity index (χ4v) is 1.85. The highest BCUT2D eigenvalue weighted by molar-refractivity contribution is 5.50. The fourth-order valence-electron chi connectivity index (χ4n) is 1.85. The summed E-state index contributed by atoms with van der Waals surface area (Å²) < 4.78 is 32.2. The number of hydrogen-bond acceptors (Lipinski definition) is 4. The number of aliphatic hydroxyl groups is 1. The Morgan fingerprint density at radius 3 is 2.57 bits per heavy atom. The van der Waals surface area contributed by atoms with Gasteiger partial charge in [0.25, 0.3) is 0 Å². The first kappa shape index (κ1) is 14.9. The van der Waals surface area contributed by atoms with Gasteiger partial charge in [0.1, 0.15) is 17.4 Å². The van der Waals surface area contributed by atoms with Crippen LogP contribution in [0, 0.1) is 21.7 Å². The Labute approximate surface area is 118 Å². The zero-order valence-electron chi connectivity index (χ0n) is 10.9. The number of aliphatic hydroxyl groups excluding tert-OH is 1. The molecule has 0 aromatic heterocycles. The minimum absolute atomic E-state index is 0.112. The predicted octanol–water partition coefficient (Wildman–Crippen LogP) is 3.72. The highest BCUT2D eigenvalue weighted by atomic mass is 19.1. The van der Waals surface area contributed by atoms with Gasteiger partial charge in [-0.3, -0.25) is 10.1 Å². The van der Waals surface area contributed by atoms with Crippen molar-refractivity contribution in [2.75, 3.05) is 0 Å². The van der Waals surface area contributed by atoms with Crippen molar-refractivity contribution in [3.05, 3.63) is 63.7 Å². The number of nitro benzene ring substituents is 1. The molecule has 2 aromatic carbocycles. The summed E-state index contributed by atoms with van der Waals surface area (Å²) >= 11 is 0. The van der Waals surface area contributed by atoms with E-state index in [2.05, 4.69) is 0 Å². The van der Waals surface area contributed by atoms with Gasteiger partial charge in [0.05, 0.1) is 16.6 Å². The topological polar surface area (TPSA) is 72.6 Å². The van der Waals surface area contributed by atoms with Crippen LogP contribution in [0.3, 0.4) is 0 Å². The van der Waals surface area contributed by atoms with Crippen molar-refractivity contribution in [3.63, 3.8) is 0 Å². The number of nitrogens with zero attached hydrogens (tertiary/aromatic N) is 1. The third kappa shape index (κ3) is 3.14. The second-order valence-corrected chi connectivity index (χ2v) is 4.30. The van der Waals surface area contributed by atoms with Gasteiger partial charge in [-0.1, -0.05) is 6.07 Å². The zero-order valence-corrected chi connectivity index (χ0v) is 10.9. The van der Waals surface area contributed by atoms with Crippen molar-refractivity contribution in [2.24, 2.45) is 0 Å². The normalized spacial score (nSPS) is 12.0. The Morgan fingerprint density at radius 2 is 1.95 bits per heavy atom. The summed E-state index contributed by atoms with van der Waals surface area (Å²) in [5.41, 5.74) is -0.617. The molecule has 1 N–H and O–H groups in total. The second-order valence-electron chi connectivity index (χ2n) is 4.30. The van der Waals surface area contributed by atoms with Gasteiger partial charge in [0.15, 0.2) is 0 Å². The minimum Gasteiger partial charge on any atom is -0.450 e. The van der Waals surface area contributed by atoms with Crippen molar-refractivity contribution in [2.45, 2.75) is 13.0 Å². The summed E-state index contributed by atoms with van der Waals surface area (Å²) in [5.74, 6) is -1.93. The molecule has 5 nitrogen and oxygen atoms in total. The Morgan fingerprint density at radius 1 is 1.24 bits per heavy atom. The quantitative estimate of drug-likeness (QED) is 0.689. The molecule has 0 aliphatic carbocycles.